The molecule has 37 heavy (non-hydrogen) atoms. The van der Waals surface area contributed by atoms with Crippen LogP contribution < -0.4 is 19.5 Å². The molecule has 1 aliphatic rings. The average Bonchev–Trinajstić information content (AvgIpc) is 3.25. The van der Waals surface area contributed by atoms with Crippen LogP contribution >= 0.6 is 27.7 Å². The van der Waals surface area contributed by atoms with Gasteiger partial charge < -0.3 is 14.8 Å². The first kappa shape index (κ1) is 27.6. The summed E-state index contributed by atoms with van der Waals surface area (Å²) in [7, 11) is -2.61. The molecule has 1 fully saturated rings. The standard InChI is InChI=1S/C24H23BrF3N3O4S2/c1-23(8-9-29-14-23)35-21-10-15(6-7-19(21)24(26,27)28)31-37(32,33)18-12-20(25)22(30-13-18)36-17-5-3-4-16(11-17)34-2/h3-7,10-13,29,31H,8-9,14H2,1-2H3/t23-/m1/s1. The van der Waals surface area contributed by atoms with Gasteiger partial charge in [-0.3, -0.25) is 4.72 Å². The molecule has 3 aromatic rings. The van der Waals surface area contributed by atoms with Crippen molar-refractivity contribution in [3.63, 3.8) is 0 Å². The zero-order valence-corrected chi connectivity index (χ0v) is 22.9. The predicted octanol–water partition coefficient (Wildman–Crippen LogP) is 5.95. The SMILES string of the molecule is COc1cccc(Sc2ncc(S(=O)(=O)Nc3ccc(C(F)(F)F)c(O[C@]4(C)CCNC4)c3)cc2Br)c1. The van der Waals surface area contributed by atoms with Gasteiger partial charge in [0.25, 0.3) is 10.0 Å². The van der Waals surface area contributed by atoms with Crippen molar-refractivity contribution in [2.24, 2.45) is 0 Å². The van der Waals surface area contributed by atoms with Gasteiger partial charge in [-0.1, -0.05) is 17.8 Å². The highest BCUT2D eigenvalue weighted by molar-refractivity contribution is 9.10. The molecule has 1 saturated heterocycles. The van der Waals surface area contributed by atoms with Gasteiger partial charge >= 0.3 is 6.18 Å². The molecule has 13 heteroatoms. The number of ether oxygens (including phenoxy) is 2. The number of halogens is 4. The Morgan fingerprint density at radius 1 is 1.19 bits per heavy atom. The van der Waals surface area contributed by atoms with Crippen LogP contribution in [0.15, 0.2) is 74.0 Å². The summed E-state index contributed by atoms with van der Waals surface area (Å²) >= 11 is 4.66. The second-order valence-corrected chi connectivity index (χ2v) is 12.1. The molecule has 1 atom stereocenters. The van der Waals surface area contributed by atoms with Crippen LogP contribution in [0.3, 0.4) is 0 Å². The van der Waals surface area contributed by atoms with Gasteiger partial charge in [-0.2, -0.15) is 13.2 Å². The summed E-state index contributed by atoms with van der Waals surface area (Å²) in [6.45, 7) is 2.69. The van der Waals surface area contributed by atoms with Gasteiger partial charge in [-0.15, -0.1) is 0 Å². The number of benzene rings is 2. The Balaban J connectivity index is 1.57. The van der Waals surface area contributed by atoms with Crippen molar-refractivity contribution >= 4 is 43.4 Å². The van der Waals surface area contributed by atoms with E-state index in [0.717, 1.165) is 23.1 Å². The molecule has 1 aromatic heterocycles. The summed E-state index contributed by atoms with van der Waals surface area (Å²) < 4.78 is 80.6. The highest BCUT2D eigenvalue weighted by atomic mass is 79.9. The van der Waals surface area contributed by atoms with E-state index < -0.39 is 33.1 Å². The molecular weight excluding hydrogens is 595 g/mol. The van der Waals surface area contributed by atoms with E-state index in [4.69, 9.17) is 9.47 Å². The van der Waals surface area contributed by atoms with Crippen molar-refractivity contribution in [1.29, 1.82) is 0 Å². The molecule has 2 N–H and O–H groups in total. The molecule has 0 bridgehead atoms. The van der Waals surface area contributed by atoms with Gasteiger partial charge in [0, 0.05) is 30.1 Å². The predicted molar refractivity (Wildman–Crippen MR) is 138 cm³/mol. The molecule has 0 unspecified atom stereocenters. The molecule has 1 aliphatic heterocycles. The molecule has 0 saturated carbocycles. The van der Waals surface area contributed by atoms with Crippen LogP contribution in [0.25, 0.3) is 0 Å². The van der Waals surface area contributed by atoms with Crippen LogP contribution in [0, 0.1) is 0 Å². The monoisotopic (exact) mass is 617 g/mol. The minimum absolute atomic E-state index is 0.0662. The number of nitrogens with zero attached hydrogens (tertiary/aromatic N) is 1. The molecule has 4 rings (SSSR count). The first-order valence-electron chi connectivity index (χ1n) is 11.0. The third kappa shape index (κ3) is 6.70. The van der Waals surface area contributed by atoms with Crippen molar-refractivity contribution in [3.05, 3.63) is 64.8 Å². The van der Waals surface area contributed by atoms with Crippen LogP contribution in [0.4, 0.5) is 18.9 Å². The number of anilines is 1. The zero-order valence-electron chi connectivity index (χ0n) is 19.7. The summed E-state index contributed by atoms with van der Waals surface area (Å²) in [6.07, 6.45) is -2.97. The summed E-state index contributed by atoms with van der Waals surface area (Å²) in [5.74, 6) is 0.228. The van der Waals surface area contributed by atoms with Crippen molar-refractivity contribution in [2.75, 3.05) is 24.9 Å². The minimum Gasteiger partial charge on any atom is -0.497 e. The lowest BCUT2D eigenvalue weighted by Crippen LogP contribution is -2.35. The first-order valence-corrected chi connectivity index (χ1v) is 14.1. The first-order chi connectivity index (χ1) is 17.4. The number of sulfonamides is 1. The highest BCUT2D eigenvalue weighted by Crippen LogP contribution is 2.40. The van der Waals surface area contributed by atoms with E-state index in [0.29, 0.717) is 34.8 Å². The third-order valence-corrected chi connectivity index (χ3v) is 8.80. The number of hydrogen-bond acceptors (Lipinski definition) is 7. The van der Waals surface area contributed by atoms with Gasteiger partial charge in [0.05, 0.1) is 22.8 Å². The normalized spacial score (nSPS) is 18.0. The van der Waals surface area contributed by atoms with Crippen molar-refractivity contribution in [2.45, 2.75) is 39.9 Å². The molecule has 7 nitrogen and oxygen atoms in total. The van der Waals surface area contributed by atoms with Crippen molar-refractivity contribution in [3.8, 4) is 11.5 Å². The van der Waals surface area contributed by atoms with Gasteiger partial charge in [0.2, 0.25) is 0 Å². The number of nitrogens with one attached hydrogen (secondary N) is 2. The zero-order chi connectivity index (χ0) is 26.8. The van der Waals surface area contributed by atoms with Crippen LogP contribution in [0.2, 0.25) is 0 Å². The van der Waals surface area contributed by atoms with E-state index >= 15 is 0 Å². The fraction of sp³-hybridized carbons (Fsp3) is 0.292. The lowest BCUT2D eigenvalue weighted by Gasteiger charge is -2.27. The fourth-order valence-electron chi connectivity index (χ4n) is 3.67. The topological polar surface area (TPSA) is 89.5 Å². The largest absolute Gasteiger partial charge is 0.497 e. The molecule has 0 amide bonds. The maximum atomic E-state index is 13.6. The summed E-state index contributed by atoms with van der Waals surface area (Å²) in [4.78, 5) is 4.93. The Hall–Kier alpha value is -2.48. The van der Waals surface area contributed by atoms with E-state index in [-0.39, 0.29) is 10.6 Å². The van der Waals surface area contributed by atoms with Crippen molar-refractivity contribution < 1.29 is 31.1 Å². The molecule has 2 heterocycles. The lowest BCUT2D eigenvalue weighted by molar-refractivity contribution is -0.139. The second kappa shape index (κ2) is 10.7. The van der Waals surface area contributed by atoms with E-state index in [2.05, 4.69) is 31.0 Å². The highest BCUT2D eigenvalue weighted by Gasteiger charge is 2.38. The Bertz CT molecular complexity index is 1400. The number of aromatic nitrogens is 1. The molecule has 0 spiro atoms. The summed E-state index contributed by atoms with van der Waals surface area (Å²) in [5.41, 5.74) is -1.89. The van der Waals surface area contributed by atoms with Gasteiger partial charge in [-0.25, -0.2) is 13.4 Å². The van der Waals surface area contributed by atoms with Crippen LogP contribution in [0.5, 0.6) is 11.5 Å². The van der Waals surface area contributed by atoms with Gasteiger partial charge in [0.1, 0.15) is 27.0 Å². The van der Waals surface area contributed by atoms with Crippen molar-refractivity contribution in [1.82, 2.24) is 10.3 Å². The molecule has 198 valence electrons. The number of alkyl halides is 3. The van der Waals surface area contributed by atoms with E-state index in [9.17, 15) is 21.6 Å². The lowest BCUT2D eigenvalue weighted by atomic mass is 10.1. The maximum absolute atomic E-state index is 13.6. The van der Waals surface area contributed by atoms with E-state index in [1.54, 1.807) is 20.1 Å². The molecule has 2 aromatic carbocycles. The van der Waals surface area contributed by atoms with Crippen LogP contribution in [-0.4, -0.2) is 39.2 Å². The van der Waals surface area contributed by atoms with Crippen LogP contribution in [-0.2, 0) is 16.2 Å². The number of rotatable bonds is 8. The Kier molecular flexibility index (Phi) is 7.98. The van der Waals surface area contributed by atoms with Crippen LogP contribution in [0.1, 0.15) is 18.9 Å². The number of pyridine rings is 1. The molecular formula is C24H23BrF3N3O4S2. The van der Waals surface area contributed by atoms with E-state index in [1.165, 1.54) is 24.0 Å². The Morgan fingerprint density at radius 3 is 2.62 bits per heavy atom. The Labute approximate surface area is 225 Å². The summed E-state index contributed by atoms with van der Waals surface area (Å²) in [5, 5.41) is 3.58. The number of methoxy groups -OCH3 is 1. The van der Waals surface area contributed by atoms with Gasteiger partial charge in [0.15, 0.2) is 0 Å². The summed E-state index contributed by atoms with van der Waals surface area (Å²) in [6, 6.07) is 11.6. The molecule has 0 radical (unpaired) electrons. The van der Waals surface area contributed by atoms with Gasteiger partial charge in [-0.05, 0) is 65.8 Å². The second-order valence-electron chi connectivity index (χ2n) is 8.53. The third-order valence-electron chi connectivity index (χ3n) is 5.57. The number of hydrogen-bond donors (Lipinski definition) is 2. The van der Waals surface area contributed by atoms with E-state index in [1.807, 2.05) is 18.2 Å². The fourth-order valence-corrected chi connectivity index (χ4v) is 6.24. The average molecular weight is 618 g/mol. The molecule has 0 aliphatic carbocycles. The minimum atomic E-state index is -4.67. The smallest absolute Gasteiger partial charge is 0.419 e. The Morgan fingerprint density at radius 2 is 1.97 bits per heavy atom. The maximum Gasteiger partial charge on any atom is 0.419 e. The quantitative estimate of drug-likeness (QED) is 0.323.